The summed E-state index contributed by atoms with van der Waals surface area (Å²) in [5.41, 5.74) is 0.734. The van der Waals surface area contributed by atoms with Crippen LogP contribution in [0.1, 0.15) is 10.4 Å². The second kappa shape index (κ2) is 8.51. The molecule has 142 valence electrons. The van der Waals surface area contributed by atoms with Crippen molar-refractivity contribution in [3.8, 4) is 0 Å². The van der Waals surface area contributed by atoms with E-state index in [1.165, 1.54) is 0 Å². The number of pyridine rings is 1. The van der Waals surface area contributed by atoms with Gasteiger partial charge in [-0.3, -0.25) is 4.79 Å². The maximum absolute atomic E-state index is 12.7. The van der Waals surface area contributed by atoms with E-state index >= 15 is 0 Å². The van der Waals surface area contributed by atoms with Crippen LogP contribution in [0.25, 0.3) is 0 Å². The molecule has 0 unspecified atom stereocenters. The molecule has 1 saturated heterocycles. The fourth-order valence-electron chi connectivity index (χ4n) is 3.07. The first kappa shape index (κ1) is 18.6. The lowest BCUT2D eigenvalue weighted by molar-refractivity contribution is 0.0746. The molecule has 3 aromatic rings. The molecule has 0 bridgehead atoms. The molecule has 1 amide bonds. The normalized spacial score (nSPS) is 14.0. The average molecular weight is 486 g/mol. The van der Waals surface area contributed by atoms with Crippen LogP contribution in [-0.4, -0.2) is 51.9 Å². The maximum atomic E-state index is 12.7. The van der Waals surface area contributed by atoms with E-state index in [-0.39, 0.29) is 5.91 Å². The molecule has 0 radical (unpaired) electrons. The van der Waals surface area contributed by atoms with Gasteiger partial charge in [0.15, 0.2) is 0 Å². The molecule has 0 spiro atoms. The van der Waals surface area contributed by atoms with Crippen LogP contribution >= 0.6 is 22.6 Å². The van der Waals surface area contributed by atoms with Crippen molar-refractivity contribution in [1.29, 1.82) is 0 Å². The van der Waals surface area contributed by atoms with Crippen LogP contribution in [-0.2, 0) is 0 Å². The predicted octanol–water partition coefficient (Wildman–Crippen LogP) is 3.18. The Bertz CT molecular complexity index is 942. The van der Waals surface area contributed by atoms with Crippen molar-refractivity contribution in [3.63, 3.8) is 0 Å². The standard InChI is InChI=1S/C20H19IN6O/c21-16-6-4-15(5-7-16)20(28)27-11-9-26(10-12-27)19-13-18(23-14-24-19)25-17-3-1-2-8-22-17/h1-8,13-14H,9-12H2,(H,22,23,24,25). The summed E-state index contributed by atoms with van der Waals surface area (Å²) < 4.78 is 1.12. The molecular formula is C20H19IN6O. The van der Waals surface area contributed by atoms with Gasteiger partial charge >= 0.3 is 0 Å². The molecule has 4 rings (SSSR count). The lowest BCUT2D eigenvalue weighted by Gasteiger charge is -2.35. The van der Waals surface area contributed by atoms with E-state index in [0.29, 0.717) is 18.9 Å². The number of halogens is 1. The highest BCUT2D eigenvalue weighted by Crippen LogP contribution is 2.19. The van der Waals surface area contributed by atoms with Crippen molar-refractivity contribution in [1.82, 2.24) is 19.9 Å². The molecule has 1 aromatic carbocycles. The third kappa shape index (κ3) is 4.38. The molecule has 28 heavy (non-hydrogen) atoms. The van der Waals surface area contributed by atoms with Gasteiger partial charge in [0, 0.05) is 47.6 Å². The van der Waals surface area contributed by atoms with Crippen LogP contribution < -0.4 is 10.2 Å². The molecule has 0 saturated carbocycles. The van der Waals surface area contributed by atoms with Gasteiger partial charge in [-0.1, -0.05) is 6.07 Å². The Labute approximate surface area is 177 Å². The highest BCUT2D eigenvalue weighted by molar-refractivity contribution is 14.1. The number of hydrogen-bond donors (Lipinski definition) is 1. The van der Waals surface area contributed by atoms with E-state index in [0.717, 1.165) is 33.9 Å². The summed E-state index contributed by atoms with van der Waals surface area (Å²) in [4.78, 5) is 29.6. The summed E-state index contributed by atoms with van der Waals surface area (Å²) in [6, 6.07) is 15.3. The second-order valence-electron chi connectivity index (χ2n) is 6.39. The number of amides is 1. The van der Waals surface area contributed by atoms with Gasteiger partial charge in [-0.15, -0.1) is 0 Å². The van der Waals surface area contributed by atoms with Gasteiger partial charge in [-0.05, 0) is 59.0 Å². The minimum Gasteiger partial charge on any atom is -0.353 e. The highest BCUT2D eigenvalue weighted by Gasteiger charge is 2.23. The van der Waals surface area contributed by atoms with E-state index in [1.54, 1.807) is 12.5 Å². The topological polar surface area (TPSA) is 74.2 Å². The number of carbonyl (C=O) groups is 1. The second-order valence-corrected chi connectivity index (χ2v) is 7.63. The monoisotopic (exact) mass is 486 g/mol. The zero-order chi connectivity index (χ0) is 19.3. The number of carbonyl (C=O) groups excluding carboxylic acids is 1. The lowest BCUT2D eigenvalue weighted by atomic mass is 10.2. The zero-order valence-electron chi connectivity index (χ0n) is 15.1. The first-order valence-corrected chi connectivity index (χ1v) is 10.1. The van der Waals surface area contributed by atoms with Gasteiger partial charge < -0.3 is 15.1 Å². The largest absolute Gasteiger partial charge is 0.353 e. The number of anilines is 3. The van der Waals surface area contributed by atoms with Gasteiger partial charge in [0.2, 0.25) is 0 Å². The number of nitrogens with one attached hydrogen (secondary N) is 1. The smallest absolute Gasteiger partial charge is 0.253 e. The van der Waals surface area contributed by atoms with Gasteiger partial charge in [-0.25, -0.2) is 15.0 Å². The van der Waals surface area contributed by atoms with Gasteiger partial charge in [0.05, 0.1) is 0 Å². The predicted molar refractivity (Wildman–Crippen MR) is 117 cm³/mol. The Hall–Kier alpha value is -2.75. The molecule has 1 aliphatic heterocycles. The van der Waals surface area contributed by atoms with Gasteiger partial charge in [0.25, 0.3) is 5.91 Å². The third-order valence-corrected chi connectivity index (χ3v) is 5.27. The number of nitrogens with zero attached hydrogens (tertiary/aromatic N) is 5. The molecule has 1 N–H and O–H groups in total. The van der Waals surface area contributed by atoms with E-state index in [1.807, 2.05) is 53.4 Å². The van der Waals surface area contributed by atoms with E-state index < -0.39 is 0 Å². The number of piperazine rings is 1. The highest BCUT2D eigenvalue weighted by atomic mass is 127. The SMILES string of the molecule is O=C(c1ccc(I)cc1)N1CCN(c2cc(Nc3ccccn3)ncn2)CC1. The fraction of sp³-hybridized carbons (Fsp3) is 0.200. The van der Waals surface area contributed by atoms with Crippen LogP contribution in [0.3, 0.4) is 0 Å². The van der Waals surface area contributed by atoms with Crippen molar-refractivity contribution in [2.24, 2.45) is 0 Å². The molecule has 8 heteroatoms. The Kier molecular flexibility index (Phi) is 5.65. The lowest BCUT2D eigenvalue weighted by Crippen LogP contribution is -2.49. The number of rotatable bonds is 4. The van der Waals surface area contributed by atoms with E-state index in [2.05, 4.69) is 47.8 Å². The van der Waals surface area contributed by atoms with Crippen molar-refractivity contribution in [3.05, 3.63) is 70.2 Å². The summed E-state index contributed by atoms with van der Waals surface area (Å²) in [6.45, 7) is 2.79. The fourth-order valence-corrected chi connectivity index (χ4v) is 3.43. The quantitative estimate of drug-likeness (QED) is 0.572. The van der Waals surface area contributed by atoms with Crippen LogP contribution in [0.4, 0.5) is 17.5 Å². The van der Waals surface area contributed by atoms with Crippen LogP contribution in [0.5, 0.6) is 0 Å². The number of aromatic nitrogens is 3. The Morgan fingerprint density at radius 2 is 1.71 bits per heavy atom. The summed E-state index contributed by atoms with van der Waals surface area (Å²) >= 11 is 2.24. The molecule has 7 nitrogen and oxygen atoms in total. The van der Waals surface area contributed by atoms with E-state index in [9.17, 15) is 4.79 Å². The first-order valence-electron chi connectivity index (χ1n) is 8.99. The molecule has 0 atom stereocenters. The Morgan fingerprint density at radius 3 is 2.43 bits per heavy atom. The van der Waals surface area contributed by atoms with E-state index in [4.69, 9.17) is 0 Å². The zero-order valence-corrected chi connectivity index (χ0v) is 17.3. The van der Waals surface area contributed by atoms with Crippen LogP contribution in [0.2, 0.25) is 0 Å². The Balaban J connectivity index is 1.39. The molecule has 2 aromatic heterocycles. The summed E-state index contributed by atoms with van der Waals surface area (Å²) in [5.74, 6) is 2.35. The molecule has 1 aliphatic rings. The number of hydrogen-bond acceptors (Lipinski definition) is 6. The van der Waals surface area contributed by atoms with Gasteiger partial charge in [-0.2, -0.15) is 0 Å². The minimum absolute atomic E-state index is 0.0799. The summed E-state index contributed by atoms with van der Waals surface area (Å²) in [6.07, 6.45) is 3.28. The summed E-state index contributed by atoms with van der Waals surface area (Å²) in [7, 11) is 0. The molecule has 3 heterocycles. The number of benzene rings is 1. The Morgan fingerprint density at radius 1 is 0.929 bits per heavy atom. The van der Waals surface area contributed by atoms with Crippen LogP contribution in [0.15, 0.2) is 61.1 Å². The van der Waals surface area contributed by atoms with Crippen molar-refractivity contribution < 1.29 is 4.79 Å². The van der Waals surface area contributed by atoms with Gasteiger partial charge in [0.1, 0.15) is 23.8 Å². The third-order valence-electron chi connectivity index (χ3n) is 4.56. The molecule has 0 aliphatic carbocycles. The molecular weight excluding hydrogens is 467 g/mol. The van der Waals surface area contributed by atoms with Crippen molar-refractivity contribution >= 4 is 46.0 Å². The van der Waals surface area contributed by atoms with Crippen molar-refractivity contribution in [2.75, 3.05) is 36.4 Å². The maximum Gasteiger partial charge on any atom is 0.253 e. The van der Waals surface area contributed by atoms with Crippen molar-refractivity contribution in [2.45, 2.75) is 0 Å². The van der Waals surface area contributed by atoms with Crippen LogP contribution in [0, 0.1) is 3.57 Å². The molecule has 1 fully saturated rings. The minimum atomic E-state index is 0.0799. The summed E-state index contributed by atoms with van der Waals surface area (Å²) in [5, 5.41) is 3.18. The first-order chi connectivity index (χ1) is 13.7. The average Bonchev–Trinajstić information content (AvgIpc) is 2.75.